The molecule has 1 aromatic carbocycles. The van der Waals surface area contributed by atoms with Crippen molar-refractivity contribution in [3.8, 4) is 11.8 Å². The Labute approximate surface area is 214 Å². The summed E-state index contributed by atoms with van der Waals surface area (Å²) >= 11 is 0. The second-order valence-corrected chi connectivity index (χ2v) is 9.66. The summed E-state index contributed by atoms with van der Waals surface area (Å²) in [6.45, 7) is 6.58. The van der Waals surface area contributed by atoms with E-state index in [2.05, 4.69) is 45.9 Å². The molecular weight excluding hydrogens is 468 g/mol. The Morgan fingerprint density at radius 3 is 2.86 bits per heavy atom. The fraction of sp³-hybridized carbons (Fsp3) is 0.370. The summed E-state index contributed by atoms with van der Waals surface area (Å²) in [5.74, 6) is 7.64. The molecule has 0 bridgehead atoms. The van der Waals surface area contributed by atoms with Crippen molar-refractivity contribution in [3.63, 3.8) is 0 Å². The second-order valence-electron chi connectivity index (χ2n) is 9.66. The van der Waals surface area contributed by atoms with E-state index in [1.165, 1.54) is 25.2 Å². The number of anilines is 1. The molecule has 188 valence electrons. The summed E-state index contributed by atoms with van der Waals surface area (Å²) in [5, 5.41) is 5.42. The number of carbonyl (C=O) groups excluding carboxylic acids is 1. The van der Waals surface area contributed by atoms with Crippen LogP contribution in [0.2, 0.25) is 0 Å². The maximum Gasteiger partial charge on any atom is 0.246 e. The lowest BCUT2D eigenvalue weighted by molar-refractivity contribution is -0.127. The lowest BCUT2D eigenvalue weighted by Gasteiger charge is -2.22. The highest BCUT2D eigenvalue weighted by Gasteiger charge is 2.37. The highest BCUT2D eigenvalue weighted by Crippen LogP contribution is 2.38. The van der Waals surface area contributed by atoms with Gasteiger partial charge in [-0.25, -0.2) is 19.6 Å². The number of fused-ring (bicyclic) bond motifs is 2. The van der Waals surface area contributed by atoms with Crippen LogP contribution in [0.25, 0.3) is 22.1 Å². The number of methoxy groups -OCH3 is 1. The maximum atomic E-state index is 12.5. The number of hydrogen-bond acceptors (Lipinski definition) is 7. The lowest BCUT2D eigenvalue weighted by atomic mass is 10.2. The van der Waals surface area contributed by atoms with Crippen LogP contribution in [0.1, 0.15) is 48.4 Å². The molecule has 10 heteroatoms. The Bertz CT molecular complexity index is 1600. The standard InChI is InChI=1S/C27H28N8O2/c1-4-24(36)33-13-19(12-20(33)14-37-3)35-27-25(26(28)29-15-30-27)21(32-35)9-5-17-6-10-23-22(11-17)31-16(2)34(23)18-7-8-18/h4,6,10-11,15,18-20H,1,7-8,12-14H2,2-3H3,(H2,28,29,30)/t19-,20+/m0/s1. The Morgan fingerprint density at radius 1 is 1.27 bits per heavy atom. The van der Waals surface area contributed by atoms with Crippen molar-refractivity contribution in [3.05, 3.63) is 54.3 Å². The topological polar surface area (TPSA) is 117 Å². The number of aryl methyl sites for hydroxylation is 1. The van der Waals surface area contributed by atoms with Gasteiger partial charge in [-0.3, -0.25) is 4.79 Å². The largest absolute Gasteiger partial charge is 0.383 e. The summed E-state index contributed by atoms with van der Waals surface area (Å²) in [6.07, 6.45) is 5.84. The van der Waals surface area contributed by atoms with Crippen LogP contribution in [0, 0.1) is 18.8 Å². The van der Waals surface area contributed by atoms with Gasteiger partial charge in [0.1, 0.15) is 23.7 Å². The van der Waals surface area contributed by atoms with Gasteiger partial charge in [-0.2, -0.15) is 5.10 Å². The third-order valence-corrected chi connectivity index (χ3v) is 7.18. The second kappa shape index (κ2) is 9.01. The molecule has 0 radical (unpaired) electrons. The summed E-state index contributed by atoms with van der Waals surface area (Å²) in [4.78, 5) is 27.6. The van der Waals surface area contributed by atoms with Gasteiger partial charge in [0, 0.05) is 25.3 Å². The van der Waals surface area contributed by atoms with Gasteiger partial charge in [-0.15, -0.1) is 0 Å². The molecule has 2 N–H and O–H groups in total. The summed E-state index contributed by atoms with van der Waals surface area (Å²) in [5.41, 5.74) is 10.3. The molecule has 37 heavy (non-hydrogen) atoms. The van der Waals surface area contributed by atoms with Gasteiger partial charge in [-0.1, -0.05) is 12.5 Å². The number of aromatic nitrogens is 6. The van der Waals surface area contributed by atoms with Gasteiger partial charge >= 0.3 is 0 Å². The van der Waals surface area contributed by atoms with E-state index < -0.39 is 0 Å². The first-order chi connectivity index (χ1) is 18.0. The first kappa shape index (κ1) is 23.2. The zero-order valence-electron chi connectivity index (χ0n) is 20.9. The molecule has 6 rings (SSSR count). The molecule has 1 aliphatic carbocycles. The first-order valence-corrected chi connectivity index (χ1v) is 12.4. The quantitative estimate of drug-likeness (QED) is 0.333. The average Bonchev–Trinajstić information content (AvgIpc) is 3.38. The number of benzene rings is 1. The van der Waals surface area contributed by atoms with Gasteiger partial charge < -0.3 is 19.9 Å². The molecule has 1 amide bonds. The maximum absolute atomic E-state index is 12.5. The molecule has 2 aliphatic rings. The molecule has 1 aliphatic heterocycles. The number of nitrogens with two attached hydrogens (primary N) is 1. The van der Waals surface area contributed by atoms with E-state index in [1.807, 2.05) is 16.8 Å². The van der Waals surface area contributed by atoms with Crippen LogP contribution in [0.4, 0.5) is 5.82 Å². The van der Waals surface area contributed by atoms with Crippen molar-refractivity contribution in [2.45, 2.75) is 44.3 Å². The van der Waals surface area contributed by atoms with Gasteiger partial charge in [0.05, 0.1) is 35.1 Å². The van der Waals surface area contributed by atoms with Crippen molar-refractivity contribution >= 4 is 33.8 Å². The fourth-order valence-corrected chi connectivity index (χ4v) is 5.37. The number of amides is 1. The van der Waals surface area contributed by atoms with Crippen LogP contribution >= 0.6 is 0 Å². The SMILES string of the molecule is C=CC(=O)N1C[C@@H](n2nc(C#Cc3ccc4c(c3)nc(C)n4C3CC3)c3c(N)ncnc32)C[C@@H]1COC. The number of carbonyl (C=O) groups is 1. The number of ether oxygens (including phenoxy) is 1. The van der Waals surface area contributed by atoms with Crippen LogP contribution in [0.3, 0.4) is 0 Å². The predicted molar refractivity (Wildman–Crippen MR) is 140 cm³/mol. The van der Waals surface area contributed by atoms with Gasteiger partial charge in [0.2, 0.25) is 5.91 Å². The van der Waals surface area contributed by atoms with Crippen LogP contribution in [0.5, 0.6) is 0 Å². The summed E-state index contributed by atoms with van der Waals surface area (Å²) in [7, 11) is 1.63. The van der Waals surface area contributed by atoms with Crippen LogP contribution in [-0.2, 0) is 9.53 Å². The van der Waals surface area contributed by atoms with E-state index >= 15 is 0 Å². The highest BCUT2D eigenvalue weighted by atomic mass is 16.5. The van der Waals surface area contributed by atoms with E-state index in [0.717, 1.165) is 22.4 Å². The molecular formula is C27H28N8O2. The van der Waals surface area contributed by atoms with Gasteiger partial charge in [0.25, 0.3) is 0 Å². The Kier molecular flexibility index (Phi) is 5.65. The molecule has 1 saturated carbocycles. The summed E-state index contributed by atoms with van der Waals surface area (Å²) in [6, 6.07) is 6.49. The van der Waals surface area contributed by atoms with Crippen molar-refractivity contribution in [2.75, 3.05) is 26.0 Å². The average molecular weight is 497 g/mol. The van der Waals surface area contributed by atoms with E-state index in [0.29, 0.717) is 48.2 Å². The minimum Gasteiger partial charge on any atom is -0.383 e. The number of nitrogens with zero attached hydrogens (tertiary/aromatic N) is 7. The smallest absolute Gasteiger partial charge is 0.246 e. The Morgan fingerprint density at radius 2 is 2.11 bits per heavy atom. The number of hydrogen-bond donors (Lipinski definition) is 1. The molecule has 4 heterocycles. The van der Waals surface area contributed by atoms with Crippen molar-refractivity contribution in [1.29, 1.82) is 0 Å². The van der Waals surface area contributed by atoms with Crippen LogP contribution in [-0.4, -0.2) is 66.4 Å². The molecule has 10 nitrogen and oxygen atoms in total. The minimum atomic E-state index is -0.134. The van der Waals surface area contributed by atoms with Gasteiger partial charge in [-0.05, 0) is 56.4 Å². The van der Waals surface area contributed by atoms with Crippen molar-refractivity contribution in [2.24, 2.45) is 0 Å². The number of likely N-dealkylation sites (tertiary alicyclic amines) is 1. The number of rotatable bonds is 5. The zero-order valence-corrected chi connectivity index (χ0v) is 20.9. The number of imidazole rings is 1. The van der Waals surface area contributed by atoms with Crippen LogP contribution < -0.4 is 5.73 Å². The predicted octanol–water partition coefficient (Wildman–Crippen LogP) is 2.78. The highest BCUT2D eigenvalue weighted by molar-refractivity contribution is 5.91. The van der Waals surface area contributed by atoms with Gasteiger partial charge in [0.15, 0.2) is 5.65 Å². The van der Waals surface area contributed by atoms with Crippen LogP contribution in [0.15, 0.2) is 37.2 Å². The zero-order chi connectivity index (χ0) is 25.7. The molecule has 1 saturated heterocycles. The molecule has 0 unspecified atom stereocenters. The van der Waals surface area contributed by atoms with E-state index in [1.54, 1.807) is 12.0 Å². The third kappa shape index (κ3) is 4.01. The Balaban J connectivity index is 1.37. The normalized spacial score (nSPS) is 19.4. The monoisotopic (exact) mass is 496 g/mol. The molecule has 2 fully saturated rings. The molecule has 3 aromatic heterocycles. The van der Waals surface area contributed by atoms with Crippen molar-refractivity contribution in [1.82, 2.24) is 34.2 Å². The fourth-order valence-electron chi connectivity index (χ4n) is 5.37. The third-order valence-electron chi connectivity index (χ3n) is 7.18. The summed E-state index contributed by atoms with van der Waals surface area (Å²) < 4.78 is 9.50. The van der Waals surface area contributed by atoms with E-state index in [-0.39, 0.29) is 18.0 Å². The first-order valence-electron chi connectivity index (χ1n) is 12.4. The Hall–Kier alpha value is -4.23. The molecule has 4 aromatic rings. The molecule has 0 spiro atoms. The molecule has 2 atom stereocenters. The number of nitrogen functional groups attached to an aromatic ring is 1. The minimum absolute atomic E-state index is 0.0842. The van der Waals surface area contributed by atoms with E-state index in [9.17, 15) is 4.79 Å². The van der Waals surface area contributed by atoms with Crippen molar-refractivity contribution < 1.29 is 9.53 Å². The lowest BCUT2D eigenvalue weighted by Crippen LogP contribution is -2.37. The van der Waals surface area contributed by atoms with E-state index in [4.69, 9.17) is 20.6 Å².